The van der Waals surface area contributed by atoms with E-state index in [0.29, 0.717) is 0 Å². The number of methoxy groups -OCH3 is 1. The predicted octanol–water partition coefficient (Wildman–Crippen LogP) is 1.17. The summed E-state index contributed by atoms with van der Waals surface area (Å²) < 4.78 is 43.2. The number of carbonyl (C=O) groups is 1. The normalized spacial score (nSPS) is 12.3. The van der Waals surface area contributed by atoms with Gasteiger partial charge in [0.15, 0.2) is 0 Å². The topological polar surface area (TPSA) is 72.9 Å². The molecule has 0 radical (unpaired) electrons. The Balaban J connectivity index is 4.52. The molecule has 0 fully saturated rings. The average molecular weight is 285 g/mol. The molecule has 0 aliphatic heterocycles. The van der Waals surface area contributed by atoms with Crippen LogP contribution in [-0.2, 0) is 19.7 Å². The molecule has 1 amide bonds. The van der Waals surface area contributed by atoms with E-state index in [-0.39, 0.29) is 19.7 Å². The van der Waals surface area contributed by atoms with Crippen molar-refractivity contribution in [3.8, 4) is 0 Å². The van der Waals surface area contributed by atoms with Crippen LogP contribution < -0.4 is 0 Å². The van der Waals surface area contributed by atoms with E-state index in [1.807, 2.05) is 0 Å². The van der Waals surface area contributed by atoms with E-state index < -0.39 is 27.7 Å². The smallest absolute Gasteiger partial charge is 0.410 e. The Morgan fingerprint density at radius 3 is 2.22 bits per heavy atom. The molecule has 0 saturated heterocycles. The minimum absolute atomic E-state index is 0.140. The van der Waals surface area contributed by atoms with Crippen molar-refractivity contribution < 1.29 is 26.6 Å². The van der Waals surface area contributed by atoms with E-state index in [2.05, 4.69) is 0 Å². The van der Waals surface area contributed by atoms with Gasteiger partial charge in [-0.1, -0.05) is 0 Å². The largest absolute Gasteiger partial charge is 0.444 e. The number of ether oxygens (including phenoxy) is 2. The molecule has 108 valence electrons. The maximum Gasteiger partial charge on any atom is 0.410 e. The summed E-state index contributed by atoms with van der Waals surface area (Å²) in [5.74, 6) is -0.754. The summed E-state index contributed by atoms with van der Waals surface area (Å²) in [6.45, 7) is 5.14. The molecule has 8 heteroatoms. The van der Waals surface area contributed by atoms with Crippen LogP contribution in [0.4, 0.5) is 8.68 Å². The van der Waals surface area contributed by atoms with Crippen molar-refractivity contribution in [2.45, 2.75) is 26.4 Å². The molecule has 0 N–H and O–H groups in total. The third kappa shape index (κ3) is 9.17. The molecule has 0 aromatic carbocycles. The second kappa shape index (κ2) is 6.89. The Hall–Kier alpha value is -0.890. The molecule has 0 atom stereocenters. The van der Waals surface area contributed by atoms with Crippen molar-refractivity contribution in [1.29, 1.82) is 0 Å². The molecule has 0 heterocycles. The van der Waals surface area contributed by atoms with Crippen LogP contribution in [0.3, 0.4) is 0 Å². The number of carbonyl (C=O) groups excluding carboxylic acids is 1. The minimum atomic E-state index is -4.61. The lowest BCUT2D eigenvalue weighted by Gasteiger charge is -2.26. The Labute approximate surface area is 107 Å². The van der Waals surface area contributed by atoms with E-state index in [0.717, 1.165) is 4.90 Å². The van der Waals surface area contributed by atoms with Crippen molar-refractivity contribution in [2.24, 2.45) is 0 Å². The van der Waals surface area contributed by atoms with Gasteiger partial charge in [0.2, 0.25) is 0 Å². The average Bonchev–Trinajstić information content (AvgIpc) is 2.13. The molecule has 0 aliphatic rings. The highest BCUT2D eigenvalue weighted by atomic mass is 32.3. The molecule has 0 saturated carbocycles. The summed E-state index contributed by atoms with van der Waals surface area (Å²) in [6, 6.07) is 0. The van der Waals surface area contributed by atoms with Crippen LogP contribution >= 0.6 is 0 Å². The van der Waals surface area contributed by atoms with E-state index in [1.54, 1.807) is 20.8 Å². The van der Waals surface area contributed by atoms with Crippen molar-refractivity contribution in [3.05, 3.63) is 0 Å². The van der Waals surface area contributed by atoms with Gasteiger partial charge in [0.25, 0.3) is 0 Å². The third-order valence-electron chi connectivity index (χ3n) is 1.82. The van der Waals surface area contributed by atoms with Crippen molar-refractivity contribution in [1.82, 2.24) is 4.90 Å². The number of nitrogens with zero attached hydrogens (tertiary/aromatic N) is 1. The van der Waals surface area contributed by atoms with Crippen molar-refractivity contribution >= 4 is 16.3 Å². The van der Waals surface area contributed by atoms with Crippen LogP contribution in [0.2, 0.25) is 0 Å². The molecule has 6 nitrogen and oxygen atoms in total. The van der Waals surface area contributed by atoms with Crippen LogP contribution in [0.25, 0.3) is 0 Å². The molecule has 0 aromatic rings. The van der Waals surface area contributed by atoms with E-state index in [4.69, 9.17) is 9.47 Å². The van der Waals surface area contributed by atoms with Crippen LogP contribution in [0.5, 0.6) is 0 Å². The molecular formula is C10H20FNO5S. The highest BCUT2D eigenvalue weighted by molar-refractivity contribution is 7.86. The number of hydrogen-bond acceptors (Lipinski definition) is 5. The van der Waals surface area contributed by atoms with Gasteiger partial charge < -0.3 is 14.4 Å². The Morgan fingerprint density at radius 1 is 1.28 bits per heavy atom. The quantitative estimate of drug-likeness (QED) is 0.685. The van der Waals surface area contributed by atoms with Crippen LogP contribution in [-0.4, -0.2) is 57.6 Å². The Bertz CT molecular complexity index is 363. The van der Waals surface area contributed by atoms with E-state index in [1.165, 1.54) is 7.11 Å². The molecule has 0 bridgehead atoms. The van der Waals surface area contributed by atoms with Crippen LogP contribution in [0, 0.1) is 0 Å². The van der Waals surface area contributed by atoms with E-state index >= 15 is 0 Å². The summed E-state index contributed by atoms with van der Waals surface area (Å²) in [5, 5.41) is 0. The number of amides is 1. The van der Waals surface area contributed by atoms with Crippen LogP contribution in [0.1, 0.15) is 20.8 Å². The van der Waals surface area contributed by atoms with Gasteiger partial charge in [0.05, 0.1) is 12.4 Å². The van der Waals surface area contributed by atoms with Crippen LogP contribution in [0.15, 0.2) is 0 Å². The fraction of sp³-hybridized carbons (Fsp3) is 0.900. The highest BCUT2D eigenvalue weighted by Crippen LogP contribution is 2.10. The van der Waals surface area contributed by atoms with Gasteiger partial charge in [-0.05, 0) is 20.8 Å². The SMILES string of the molecule is COCCN(CCS(=O)(=O)F)C(=O)OC(C)(C)C. The van der Waals surface area contributed by atoms with Gasteiger partial charge in [-0.15, -0.1) is 3.89 Å². The minimum Gasteiger partial charge on any atom is -0.444 e. The molecule has 0 aromatic heterocycles. The lowest BCUT2D eigenvalue weighted by molar-refractivity contribution is 0.0215. The Kier molecular flexibility index (Phi) is 6.55. The fourth-order valence-electron chi connectivity index (χ4n) is 1.04. The van der Waals surface area contributed by atoms with Gasteiger partial charge in [0.1, 0.15) is 5.60 Å². The first-order valence-electron chi connectivity index (χ1n) is 5.44. The van der Waals surface area contributed by atoms with Crippen molar-refractivity contribution in [3.63, 3.8) is 0 Å². The second-order valence-corrected chi connectivity index (χ2v) is 6.19. The molecule has 0 aliphatic carbocycles. The lowest BCUT2D eigenvalue weighted by Crippen LogP contribution is -2.40. The summed E-state index contributed by atoms with van der Waals surface area (Å²) in [7, 11) is -3.17. The standard InChI is InChI=1S/C10H20FNO5S/c1-10(2,3)17-9(13)12(5-7-16-4)6-8-18(11,14)15/h5-8H2,1-4H3. The van der Waals surface area contributed by atoms with Gasteiger partial charge in [-0.2, -0.15) is 8.42 Å². The highest BCUT2D eigenvalue weighted by Gasteiger charge is 2.23. The van der Waals surface area contributed by atoms with Gasteiger partial charge in [-0.25, -0.2) is 4.79 Å². The van der Waals surface area contributed by atoms with Crippen molar-refractivity contribution in [2.75, 3.05) is 32.6 Å². The molecule has 0 unspecified atom stereocenters. The first-order valence-corrected chi connectivity index (χ1v) is 6.99. The predicted molar refractivity (Wildman–Crippen MR) is 64.6 cm³/mol. The monoisotopic (exact) mass is 285 g/mol. The zero-order chi connectivity index (χ0) is 14.4. The van der Waals surface area contributed by atoms with Gasteiger partial charge in [0, 0.05) is 20.2 Å². The summed E-state index contributed by atoms with van der Waals surface area (Å²) in [6.07, 6.45) is -0.691. The zero-order valence-corrected chi connectivity index (χ0v) is 11.9. The summed E-state index contributed by atoms with van der Waals surface area (Å²) in [4.78, 5) is 12.8. The number of rotatable bonds is 6. The third-order valence-corrected chi connectivity index (χ3v) is 2.49. The Morgan fingerprint density at radius 2 is 1.83 bits per heavy atom. The van der Waals surface area contributed by atoms with Gasteiger partial charge >= 0.3 is 16.3 Å². The molecule has 18 heavy (non-hydrogen) atoms. The van der Waals surface area contributed by atoms with E-state index in [9.17, 15) is 17.1 Å². The second-order valence-electron chi connectivity index (χ2n) is 4.70. The maximum atomic E-state index is 12.4. The zero-order valence-electron chi connectivity index (χ0n) is 11.1. The molecule has 0 rings (SSSR count). The molecular weight excluding hydrogens is 265 g/mol. The first-order chi connectivity index (χ1) is 8.05. The maximum absolute atomic E-state index is 12.4. The number of hydrogen-bond donors (Lipinski definition) is 0. The van der Waals surface area contributed by atoms with Gasteiger partial charge in [-0.3, -0.25) is 0 Å². The summed E-state index contributed by atoms with van der Waals surface area (Å²) in [5.41, 5.74) is -0.697. The lowest BCUT2D eigenvalue weighted by atomic mass is 10.2. The molecule has 0 spiro atoms. The fourth-order valence-corrected chi connectivity index (χ4v) is 1.48. The first kappa shape index (κ1) is 17.1. The summed E-state index contributed by atoms with van der Waals surface area (Å²) >= 11 is 0. The number of halogens is 1.